The lowest BCUT2D eigenvalue weighted by Gasteiger charge is -2.18. The molecule has 4 rings (SSSR count). The molecule has 0 bridgehead atoms. The minimum atomic E-state index is -1.10. The first-order chi connectivity index (χ1) is 16.9. The van der Waals surface area contributed by atoms with Gasteiger partial charge in [0.1, 0.15) is 19.0 Å². The standard InChI is InChI=1S/C25H26N4O5S/c1-28-22(13-21(27-28)24(32)29(11-12-35-2)14-23(30)31)26-25(33)34-15-20-18-9-5-3-7-16(18)17-8-4-6-10-19(17)20/h3-10,13,20H,11-12,14-15H2,1-2H3,(H,26,33)(H,30,31). The zero-order chi connectivity index (χ0) is 24.9. The maximum Gasteiger partial charge on any atom is 0.412 e. The summed E-state index contributed by atoms with van der Waals surface area (Å²) in [6, 6.07) is 17.6. The molecule has 2 N–H and O–H groups in total. The first-order valence-corrected chi connectivity index (χ1v) is 12.4. The van der Waals surface area contributed by atoms with Crippen LogP contribution in [-0.4, -0.2) is 69.5 Å². The van der Waals surface area contributed by atoms with Crippen LogP contribution >= 0.6 is 11.8 Å². The van der Waals surface area contributed by atoms with Gasteiger partial charge in [0.05, 0.1) is 0 Å². The average molecular weight is 495 g/mol. The van der Waals surface area contributed by atoms with Crippen molar-refractivity contribution in [3.05, 3.63) is 71.4 Å². The summed E-state index contributed by atoms with van der Waals surface area (Å²) < 4.78 is 6.90. The molecule has 2 aromatic carbocycles. The number of benzene rings is 2. The minimum absolute atomic E-state index is 0.0452. The first-order valence-electron chi connectivity index (χ1n) is 11.0. The highest BCUT2D eigenvalue weighted by atomic mass is 32.2. The van der Waals surface area contributed by atoms with Gasteiger partial charge in [-0.3, -0.25) is 19.6 Å². The van der Waals surface area contributed by atoms with Crippen LogP contribution in [0.2, 0.25) is 0 Å². The Hall–Kier alpha value is -3.79. The van der Waals surface area contributed by atoms with E-state index in [1.54, 1.807) is 7.05 Å². The van der Waals surface area contributed by atoms with Gasteiger partial charge >= 0.3 is 12.1 Å². The molecule has 35 heavy (non-hydrogen) atoms. The van der Waals surface area contributed by atoms with Crippen molar-refractivity contribution in [1.29, 1.82) is 0 Å². The largest absolute Gasteiger partial charge is 0.480 e. The number of aryl methyl sites for hydroxylation is 1. The topological polar surface area (TPSA) is 114 Å². The maximum atomic E-state index is 12.8. The Morgan fingerprint density at radius 2 is 1.74 bits per heavy atom. The Balaban J connectivity index is 1.42. The molecule has 2 amide bonds. The number of amides is 2. The Kier molecular flexibility index (Phi) is 7.40. The number of carbonyl (C=O) groups is 3. The number of nitrogens with zero attached hydrogens (tertiary/aromatic N) is 3. The Bertz CT molecular complexity index is 1210. The fourth-order valence-electron chi connectivity index (χ4n) is 4.21. The molecule has 0 unspecified atom stereocenters. The van der Waals surface area contributed by atoms with Crippen LogP contribution in [0, 0.1) is 0 Å². The molecule has 10 heteroatoms. The van der Waals surface area contributed by atoms with Crippen LogP contribution in [0.15, 0.2) is 54.6 Å². The van der Waals surface area contributed by atoms with Crippen LogP contribution in [-0.2, 0) is 16.6 Å². The summed E-state index contributed by atoms with van der Waals surface area (Å²) >= 11 is 1.51. The van der Waals surface area contributed by atoms with Crippen LogP contribution in [0.4, 0.5) is 10.6 Å². The van der Waals surface area contributed by atoms with Crippen LogP contribution < -0.4 is 5.32 Å². The third-order valence-electron chi connectivity index (χ3n) is 5.85. The molecular weight excluding hydrogens is 468 g/mol. The highest BCUT2D eigenvalue weighted by Gasteiger charge is 2.29. The number of nitrogens with one attached hydrogen (secondary N) is 1. The number of carboxylic acid groups (broad SMARTS) is 1. The molecule has 1 aromatic heterocycles. The molecule has 0 spiro atoms. The minimum Gasteiger partial charge on any atom is -0.480 e. The number of aliphatic carboxylic acids is 1. The molecule has 0 fully saturated rings. The van der Waals surface area contributed by atoms with Crippen molar-refractivity contribution in [2.45, 2.75) is 5.92 Å². The molecule has 9 nitrogen and oxygen atoms in total. The van der Waals surface area contributed by atoms with E-state index < -0.39 is 24.5 Å². The van der Waals surface area contributed by atoms with Gasteiger partial charge in [-0.2, -0.15) is 16.9 Å². The van der Waals surface area contributed by atoms with E-state index in [1.807, 2.05) is 42.7 Å². The molecule has 1 aliphatic carbocycles. The van der Waals surface area contributed by atoms with Gasteiger partial charge in [-0.25, -0.2) is 4.79 Å². The van der Waals surface area contributed by atoms with Gasteiger partial charge in [-0.1, -0.05) is 48.5 Å². The number of hydrogen-bond acceptors (Lipinski definition) is 6. The van der Waals surface area contributed by atoms with Crippen LogP contribution in [0.3, 0.4) is 0 Å². The molecule has 0 atom stereocenters. The van der Waals surface area contributed by atoms with Gasteiger partial charge in [0.25, 0.3) is 5.91 Å². The average Bonchev–Trinajstić information content (AvgIpc) is 3.37. The zero-order valence-corrected chi connectivity index (χ0v) is 20.2. The fraction of sp³-hybridized carbons (Fsp3) is 0.280. The number of carboxylic acids is 1. The molecule has 0 aliphatic heterocycles. The summed E-state index contributed by atoms with van der Waals surface area (Å²) in [5.41, 5.74) is 4.54. The lowest BCUT2D eigenvalue weighted by molar-refractivity contribution is -0.137. The van der Waals surface area contributed by atoms with Crippen molar-refractivity contribution in [1.82, 2.24) is 14.7 Å². The van der Waals surface area contributed by atoms with E-state index in [-0.39, 0.29) is 30.6 Å². The second kappa shape index (κ2) is 10.6. The summed E-state index contributed by atoms with van der Waals surface area (Å²) in [7, 11) is 1.58. The van der Waals surface area contributed by atoms with Gasteiger partial charge in [-0.15, -0.1) is 0 Å². The van der Waals surface area contributed by atoms with Crippen molar-refractivity contribution < 1.29 is 24.2 Å². The summed E-state index contributed by atoms with van der Waals surface area (Å²) in [4.78, 5) is 37.8. The second-order valence-corrected chi connectivity index (χ2v) is 9.09. The summed E-state index contributed by atoms with van der Waals surface area (Å²) in [6.45, 7) is 0.00763. The number of aromatic nitrogens is 2. The molecule has 182 valence electrons. The van der Waals surface area contributed by atoms with Crippen molar-refractivity contribution in [2.75, 3.05) is 37.0 Å². The van der Waals surface area contributed by atoms with E-state index >= 15 is 0 Å². The number of rotatable bonds is 9. The van der Waals surface area contributed by atoms with Crippen molar-refractivity contribution in [3.63, 3.8) is 0 Å². The highest BCUT2D eigenvalue weighted by molar-refractivity contribution is 7.98. The normalized spacial score (nSPS) is 12.1. The van der Waals surface area contributed by atoms with Gasteiger partial charge < -0.3 is 14.7 Å². The molecule has 0 radical (unpaired) electrons. The van der Waals surface area contributed by atoms with Crippen molar-refractivity contribution in [2.24, 2.45) is 7.05 Å². The van der Waals surface area contributed by atoms with Crippen LogP contribution in [0.5, 0.6) is 0 Å². The summed E-state index contributed by atoms with van der Waals surface area (Å²) in [5.74, 6) is -0.829. The number of fused-ring (bicyclic) bond motifs is 3. The monoisotopic (exact) mass is 494 g/mol. The van der Waals surface area contributed by atoms with Gasteiger partial charge in [0.15, 0.2) is 5.69 Å². The molecule has 0 saturated heterocycles. The van der Waals surface area contributed by atoms with Crippen LogP contribution in [0.25, 0.3) is 11.1 Å². The Labute approximate surface area is 207 Å². The predicted molar refractivity (Wildman–Crippen MR) is 134 cm³/mol. The van der Waals surface area contributed by atoms with Crippen LogP contribution in [0.1, 0.15) is 27.5 Å². The number of anilines is 1. The molecule has 0 saturated carbocycles. The maximum absolute atomic E-state index is 12.8. The van der Waals surface area contributed by atoms with E-state index in [4.69, 9.17) is 9.84 Å². The smallest absolute Gasteiger partial charge is 0.412 e. The zero-order valence-electron chi connectivity index (χ0n) is 19.4. The lowest BCUT2D eigenvalue weighted by atomic mass is 9.98. The number of hydrogen-bond donors (Lipinski definition) is 2. The summed E-state index contributed by atoms with van der Waals surface area (Å²) in [6.07, 6.45) is 1.21. The van der Waals surface area contributed by atoms with E-state index in [2.05, 4.69) is 22.5 Å². The number of carbonyl (C=O) groups excluding carboxylic acids is 2. The third-order valence-corrected chi connectivity index (χ3v) is 6.44. The van der Waals surface area contributed by atoms with Crippen molar-refractivity contribution in [3.8, 4) is 11.1 Å². The third kappa shape index (κ3) is 5.32. The van der Waals surface area contributed by atoms with E-state index in [0.29, 0.717) is 5.75 Å². The van der Waals surface area contributed by atoms with Gasteiger partial charge in [0.2, 0.25) is 0 Å². The fourth-order valence-corrected chi connectivity index (χ4v) is 4.61. The van der Waals surface area contributed by atoms with Gasteiger partial charge in [0, 0.05) is 31.3 Å². The lowest BCUT2D eigenvalue weighted by Crippen LogP contribution is -2.37. The SMILES string of the molecule is CSCCN(CC(=O)O)C(=O)c1cc(NC(=O)OCC2c3ccccc3-c3ccccc32)n(C)n1. The number of thioether (sulfide) groups is 1. The molecular formula is C25H26N4O5S. The van der Waals surface area contributed by atoms with Crippen molar-refractivity contribution >= 4 is 35.5 Å². The first kappa shape index (κ1) is 24.3. The number of ether oxygens (including phenoxy) is 1. The predicted octanol–water partition coefficient (Wildman–Crippen LogP) is 3.67. The quantitative estimate of drug-likeness (QED) is 0.467. The molecule has 1 heterocycles. The van der Waals surface area contributed by atoms with E-state index in [1.165, 1.54) is 27.4 Å². The Morgan fingerprint density at radius 1 is 1.11 bits per heavy atom. The Morgan fingerprint density at radius 3 is 2.34 bits per heavy atom. The van der Waals surface area contributed by atoms with E-state index in [9.17, 15) is 14.4 Å². The molecule has 1 aliphatic rings. The highest BCUT2D eigenvalue weighted by Crippen LogP contribution is 2.44. The van der Waals surface area contributed by atoms with E-state index in [0.717, 1.165) is 22.3 Å². The summed E-state index contributed by atoms with van der Waals surface area (Å²) in [5, 5.41) is 15.9. The van der Waals surface area contributed by atoms with Gasteiger partial charge in [-0.05, 0) is 28.5 Å². The molecule has 3 aromatic rings. The second-order valence-electron chi connectivity index (χ2n) is 8.10.